The van der Waals surface area contributed by atoms with Crippen molar-refractivity contribution in [3.8, 4) is 0 Å². The molecule has 0 aromatic rings. The van der Waals surface area contributed by atoms with Crippen molar-refractivity contribution in [2.24, 2.45) is 11.8 Å². The number of esters is 1. The van der Waals surface area contributed by atoms with E-state index in [1.165, 1.54) is 7.11 Å². The van der Waals surface area contributed by atoms with Crippen LogP contribution in [0.3, 0.4) is 0 Å². The predicted molar refractivity (Wildman–Crippen MR) is 111 cm³/mol. The molecule has 166 valence electrons. The zero-order valence-electron chi connectivity index (χ0n) is 17.5. The van der Waals surface area contributed by atoms with Gasteiger partial charge in [0.2, 0.25) is 0 Å². The van der Waals surface area contributed by atoms with Gasteiger partial charge in [-0.15, -0.1) is 11.8 Å². The quantitative estimate of drug-likeness (QED) is 0.273. The van der Waals surface area contributed by atoms with Crippen molar-refractivity contribution < 1.29 is 28.2 Å². The van der Waals surface area contributed by atoms with Crippen LogP contribution >= 0.6 is 11.8 Å². The van der Waals surface area contributed by atoms with Gasteiger partial charge in [0.25, 0.3) is 5.92 Å². The molecular weight excluding hydrogens is 398 g/mol. The van der Waals surface area contributed by atoms with E-state index in [1.807, 2.05) is 19.1 Å². The lowest BCUT2D eigenvalue weighted by Crippen LogP contribution is -2.50. The molecule has 1 saturated heterocycles. The van der Waals surface area contributed by atoms with Gasteiger partial charge in [-0.1, -0.05) is 25.5 Å². The highest BCUT2D eigenvalue weighted by atomic mass is 32.2. The maximum Gasteiger partial charge on any atom is 0.305 e. The second-order valence-electron chi connectivity index (χ2n) is 8.26. The normalized spacial score (nSPS) is 30.0. The maximum atomic E-state index is 14.6. The molecule has 1 N–H and O–H groups in total. The Bertz CT molecular complexity index is 595. The first-order valence-corrected chi connectivity index (χ1v) is 11.6. The number of allylic oxidation sites excluding steroid dienone is 2. The van der Waals surface area contributed by atoms with Crippen LogP contribution in [0.15, 0.2) is 12.2 Å². The molecule has 1 saturated carbocycles. The van der Waals surface area contributed by atoms with E-state index < -0.39 is 10.9 Å². The van der Waals surface area contributed by atoms with Crippen LogP contribution in [-0.4, -0.2) is 40.1 Å². The number of rotatable bonds is 11. The van der Waals surface area contributed by atoms with Gasteiger partial charge in [0.1, 0.15) is 5.78 Å². The van der Waals surface area contributed by atoms with Crippen molar-refractivity contribution in [2.45, 2.75) is 93.7 Å². The molecule has 4 nitrogen and oxygen atoms in total. The molecule has 7 heteroatoms. The van der Waals surface area contributed by atoms with E-state index in [1.54, 1.807) is 0 Å². The number of halogens is 2. The van der Waals surface area contributed by atoms with Crippen LogP contribution in [0.5, 0.6) is 0 Å². The molecule has 29 heavy (non-hydrogen) atoms. The van der Waals surface area contributed by atoms with Gasteiger partial charge >= 0.3 is 5.97 Å². The van der Waals surface area contributed by atoms with Crippen LogP contribution in [0.2, 0.25) is 0 Å². The monoisotopic (exact) mass is 432 g/mol. The Balaban J connectivity index is 1.82. The van der Waals surface area contributed by atoms with Crippen molar-refractivity contribution in [2.75, 3.05) is 7.11 Å². The number of carbonyl (C=O) groups is 2. The van der Waals surface area contributed by atoms with Crippen molar-refractivity contribution in [1.29, 1.82) is 0 Å². The number of methoxy groups -OCH3 is 1. The van der Waals surface area contributed by atoms with E-state index in [0.717, 1.165) is 31.0 Å². The Hall–Kier alpha value is -0.950. The number of unbranched alkanes of at least 4 members (excludes halogenated alkanes) is 3. The smallest absolute Gasteiger partial charge is 0.305 e. The van der Waals surface area contributed by atoms with E-state index in [4.69, 9.17) is 0 Å². The van der Waals surface area contributed by atoms with Crippen molar-refractivity contribution in [3.05, 3.63) is 12.2 Å². The molecule has 2 unspecified atom stereocenters. The average Bonchev–Trinajstić information content (AvgIpc) is 2.99. The van der Waals surface area contributed by atoms with Gasteiger partial charge in [0.15, 0.2) is 4.93 Å². The number of thioether (sulfide) groups is 1. The number of ether oxygens (including phenoxy) is 1. The molecule has 2 rings (SSSR count). The third-order valence-electron chi connectivity index (χ3n) is 6.18. The molecular formula is C22H34F2O4S. The summed E-state index contributed by atoms with van der Waals surface area (Å²) in [6, 6.07) is 0. The third kappa shape index (κ3) is 6.27. The van der Waals surface area contributed by atoms with Crippen LogP contribution in [0.25, 0.3) is 0 Å². The molecule has 1 heterocycles. The Kier molecular flexibility index (Phi) is 9.14. The summed E-state index contributed by atoms with van der Waals surface area (Å²) in [4.78, 5) is 21.5. The van der Waals surface area contributed by atoms with Gasteiger partial charge in [-0.2, -0.15) is 0 Å². The van der Waals surface area contributed by atoms with E-state index in [0.29, 0.717) is 32.1 Å². The van der Waals surface area contributed by atoms with Gasteiger partial charge in [-0.25, -0.2) is 8.78 Å². The largest absolute Gasteiger partial charge is 0.469 e. The van der Waals surface area contributed by atoms with Crippen molar-refractivity contribution in [1.82, 2.24) is 0 Å². The zero-order chi connectivity index (χ0) is 21.5. The molecule has 0 aromatic carbocycles. The summed E-state index contributed by atoms with van der Waals surface area (Å²) in [6.45, 7) is 1.86. The highest BCUT2D eigenvalue weighted by molar-refractivity contribution is 8.01. The van der Waals surface area contributed by atoms with Gasteiger partial charge in [-0.05, 0) is 50.9 Å². The SMILES string of the molecule is CCCCC(F)(F)C1(O)CC[C@@H]2C(C/C=C\CCCCC(=O)OC)C(=O)C[C@H]2S1. The minimum absolute atomic E-state index is 0.0383. The number of fused-ring (bicyclic) bond motifs is 1. The lowest BCUT2D eigenvalue weighted by Gasteiger charge is -2.43. The fourth-order valence-electron chi connectivity index (χ4n) is 4.35. The standard InChI is InChI=1S/C22H34F2O4S/c1-3-4-13-21(23,24)22(27)14-12-17-16(18(25)15-19(17)29-22)10-8-6-5-7-9-11-20(26)28-2/h6,8,16-17,19,27H,3-5,7,9-15H2,1-2H3/b8-6-/t16?,17-,19-,22?/m1/s1. The summed E-state index contributed by atoms with van der Waals surface area (Å²) < 4.78 is 33.7. The molecule has 0 radical (unpaired) electrons. The molecule has 0 spiro atoms. The minimum atomic E-state index is -3.12. The molecule has 1 aliphatic carbocycles. The molecule has 0 bridgehead atoms. The number of ketones is 1. The molecule has 2 aliphatic rings. The van der Waals surface area contributed by atoms with E-state index >= 15 is 0 Å². The number of carbonyl (C=O) groups excluding carboxylic acids is 2. The van der Waals surface area contributed by atoms with Crippen LogP contribution in [0, 0.1) is 11.8 Å². The van der Waals surface area contributed by atoms with E-state index in [9.17, 15) is 23.5 Å². The second kappa shape index (κ2) is 10.9. The molecule has 0 amide bonds. The number of aliphatic hydroxyl groups is 1. The zero-order valence-corrected chi connectivity index (χ0v) is 18.3. The summed E-state index contributed by atoms with van der Waals surface area (Å²) in [5.41, 5.74) is 0. The lowest BCUT2D eigenvalue weighted by atomic mass is 9.85. The second-order valence-corrected chi connectivity index (χ2v) is 9.77. The first kappa shape index (κ1) is 24.3. The highest BCUT2D eigenvalue weighted by Gasteiger charge is 2.59. The van der Waals surface area contributed by atoms with Crippen LogP contribution in [0.1, 0.15) is 77.6 Å². The fourth-order valence-corrected chi connectivity index (χ4v) is 6.11. The average molecular weight is 433 g/mol. The molecule has 4 atom stereocenters. The summed E-state index contributed by atoms with van der Waals surface area (Å²) in [7, 11) is 1.38. The first-order valence-electron chi connectivity index (χ1n) is 10.8. The van der Waals surface area contributed by atoms with Crippen molar-refractivity contribution in [3.63, 3.8) is 0 Å². The van der Waals surface area contributed by atoms with Crippen molar-refractivity contribution >= 4 is 23.5 Å². The van der Waals surface area contributed by atoms with Crippen LogP contribution in [-0.2, 0) is 14.3 Å². The van der Waals surface area contributed by atoms with E-state index in [2.05, 4.69) is 4.74 Å². The summed E-state index contributed by atoms with van der Waals surface area (Å²) in [5.74, 6) is -3.26. The number of Topliss-reactive ketones (excluding diaryl/α,β-unsaturated/α-hetero) is 1. The van der Waals surface area contributed by atoms with Crippen LogP contribution in [0.4, 0.5) is 8.78 Å². The van der Waals surface area contributed by atoms with E-state index in [-0.39, 0.29) is 48.1 Å². The summed E-state index contributed by atoms with van der Waals surface area (Å²) >= 11 is 0.941. The highest BCUT2D eigenvalue weighted by Crippen LogP contribution is 2.56. The summed E-state index contributed by atoms with van der Waals surface area (Å²) in [5, 5.41) is 10.4. The molecule has 2 fully saturated rings. The number of hydrogen-bond acceptors (Lipinski definition) is 5. The third-order valence-corrected chi connectivity index (χ3v) is 7.89. The number of alkyl halides is 2. The molecule has 0 aromatic heterocycles. The van der Waals surface area contributed by atoms with Gasteiger partial charge in [0, 0.05) is 30.4 Å². The van der Waals surface area contributed by atoms with Gasteiger partial charge in [-0.3, -0.25) is 9.59 Å². The lowest BCUT2D eigenvalue weighted by molar-refractivity contribution is -0.142. The minimum Gasteiger partial charge on any atom is -0.469 e. The van der Waals surface area contributed by atoms with Crippen LogP contribution < -0.4 is 0 Å². The van der Waals surface area contributed by atoms with Gasteiger partial charge in [0.05, 0.1) is 7.11 Å². The maximum absolute atomic E-state index is 14.6. The topological polar surface area (TPSA) is 63.6 Å². The van der Waals surface area contributed by atoms with Gasteiger partial charge < -0.3 is 9.84 Å². The number of hydrogen-bond donors (Lipinski definition) is 1. The Morgan fingerprint density at radius 1 is 1.34 bits per heavy atom. The Morgan fingerprint density at radius 3 is 2.79 bits per heavy atom. The fraction of sp³-hybridized carbons (Fsp3) is 0.818. The molecule has 1 aliphatic heterocycles. The predicted octanol–water partition coefficient (Wildman–Crippen LogP) is 5.28. The first-order chi connectivity index (χ1) is 13.7. The summed E-state index contributed by atoms with van der Waals surface area (Å²) in [6.07, 6.45) is 9.10. The Labute approximate surface area is 176 Å². The Morgan fingerprint density at radius 2 is 2.10 bits per heavy atom.